The van der Waals surface area contributed by atoms with Crippen LogP contribution < -0.4 is 5.32 Å². The molecule has 0 spiro atoms. The molecular formula is C12H20N2O2. The average Bonchev–Trinajstić information content (AvgIpc) is 2.68. The number of carbonyl (C=O) groups is 1. The molecule has 0 aliphatic carbocycles. The predicted octanol–water partition coefficient (Wildman–Crippen LogP) is 0.518. The van der Waals surface area contributed by atoms with Crippen LogP contribution in [-0.4, -0.2) is 48.7 Å². The Bertz CT molecular complexity index is 264. The van der Waals surface area contributed by atoms with E-state index in [0.29, 0.717) is 18.1 Å². The zero-order valence-corrected chi connectivity index (χ0v) is 9.65. The maximum absolute atomic E-state index is 12.3. The molecule has 4 nitrogen and oxygen atoms in total. The fraction of sp³-hybridized carbons (Fsp3) is 0.917. The molecule has 3 atom stereocenters. The maximum Gasteiger partial charge on any atom is 0.239 e. The van der Waals surface area contributed by atoms with Gasteiger partial charge in [-0.15, -0.1) is 0 Å². The van der Waals surface area contributed by atoms with Crippen molar-refractivity contribution in [2.75, 3.05) is 19.6 Å². The van der Waals surface area contributed by atoms with Crippen LogP contribution >= 0.6 is 0 Å². The van der Waals surface area contributed by atoms with E-state index in [0.717, 1.165) is 38.9 Å². The van der Waals surface area contributed by atoms with Gasteiger partial charge in [0.2, 0.25) is 5.91 Å². The highest BCUT2D eigenvalue weighted by Crippen LogP contribution is 2.27. The van der Waals surface area contributed by atoms with Gasteiger partial charge in [-0.05, 0) is 32.2 Å². The first-order valence-electron chi connectivity index (χ1n) is 6.50. The largest absolute Gasteiger partial charge is 0.371 e. The summed E-state index contributed by atoms with van der Waals surface area (Å²) in [6, 6.07) is 0.0752. The zero-order chi connectivity index (χ0) is 11.0. The summed E-state index contributed by atoms with van der Waals surface area (Å²) in [5.41, 5.74) is 0. The maximum atomic E-state index is 12.3. The summed E-state index contributed by atoms with van der Waals surface area (Å²) in [5.74, 6) is 0.305. The number of hydrogen-bond acceptors (Lipinski definition) is 3. The third-order valence-electron chi connectivity index (χ3n) is 3.96. The van der Waals surface area contributed by atoms with E-state index in [-0.39, 0.29) is 6.04 Å². The molecule has 0 aromatic carbocycles. The number of morpholine rings is 1. The first-order valence-corrected chi connectivity index (χ1v) is 6.50. The molecule has 0 saturated carbocycles. The summed E-state index contributed by atoms with van der Waals surface area (Å²) >= 11 is 0. The molecule has 1 N–H and O–H groups in total. The Morgan fingerprint density at radius 1 is 1.12 bits per heavy atom. The van der Waals surface area contributed by atoms with Crippen molar-refractivity contribution in [3.8, 4) is 0 Å². The molecule has 3 rings (SSSR count). The van der Waals surface area contributed by atoms with Crippen molar-refractivity contribution in [2.45, 2.75) is 50.4 Å². The van der Waals surface area contributed by atoms with E-state index < -0.39 is 0 Å². The van der Waals surface area contributed by atoms with Crippen LogP contribution in [0.15, 0.2) is 0 Å². The molecule has 16 heavy (non-hydrogen) atoms. The number of piperidine rings is 1. The van der Waals surface area contributed by atoms with Crippen molar-refractivity contribution >= 4 is 5.91 Å². The number of fused-ring (bicyclic) bond motifs is 2. The van der Waals surface area contributed by atoms with Crippen LogP contribution in [0.4, 0.5) is 0 Å². The van der Waals surface area contributed by atoms with Gasteiger partial charge in [0, 0.05) is 13.1 Å². The minimum absolute atomic E-state index is 0.0752. The lowest BCUT2D eigenvalue weighted by Crippen LogP contribution is -2.53. The number of ether oxygens (including phenoxy) is 1. The Hall–Kier alpha value is -0.610. The highest BCUT2D eigenvalue weighted by Gasteiger charge is 2.37. The van der Waals surface area contributed by atoms with Crippen LogP contribution in [0.2, 0.25) is 0 Å². The van der Waals surface area contributed by atoms with Gasteiger partial charge in [-0.25, -0.2) is 0 Å². The number of likely N-dealkylation sites (tertiary alicyclic amines) is 1. The van der Waals surface area contributed by atoms with Crippen LogP contribution in [-0.2, 0) is 9.53 Å². The molecule has 3 saturated heterocycles. The molecule has 3 heterocycles. The standard InChI is InChI=1S/C12H20N2O2/c15-12(11-3-1-2-6-13-11)14-7-9-4-5-10(8-14)16-9/h9-11,13H,1-8H2/t9?,10?,11-/m1/s1. The van der Waals surface area contributed by atoms with Gasteiger partial charge in [-0.1, -0.05) is 6.42 Å². The fourth-order valence-electron chi connectivity index (χ4n) is 3.08. The van der Waals surface area contributed by atoms with E-state index in [4.69, 9.17) is 4.74 Å². The van der Waals surface area contributed by atoms with Gasteiger partial charge in [0.05, 0.1) is 18.2 Å². The highest BCUT2D eigenvalue weighted by molar-refractivity contribution is 5.82. The number of nitrogens with zero attached hydrogens (tertiary/aromatic N) is 1. The Balaban J connectivity index is 1.61. The predicted molar refractivity (Wildman–Crippen MR) is 60.1 cm³/mol. The molecule has 0 aromatic heterocycles. The molecule has 1 amide bonds. The normalized spacial score (nSPS) is 38.8. The van der Waals surface area contributed by atoms with E-state index in [9.17, 15) is 4.79 Å². The molecule has 0 radical (unpaired) electrons. The third kappa shape index (κ3) is 1.96. The van der Waals surface area contributed by atoms with Gasteiger partial charge >= 0.3 is 0 Å². The summed E-state index contributed by atoms with van der Waals surface area (Å²) < 4.78 is 5.75. The SMILES string of the molecule is O=C([C@H]1CCCCN1)N1CC2CCC(C1)O2. The van der Waals surface area contributed by atoms with Crippen molar-refractivity contribution in [3.05, 3.63) is 0 Å². The Morgan fingerprint density at radius 3 is 2.50 bits per heavy atom. The summed E-state index contributed by atoms with van der Waals surface area (Å²) in [6.45, 7) is 2.62. The smallest absolute Gasteiger partial charge is 0.239 e. The minimum Gasteiger partial charge on any atom is -0.371 e. The molecular weight excluding hydrogens is 204 g/mol. The van der Waals surface area contributed by atoms with Crippen LogP contribution in [0.3, 0.4) is 0 Å². The van der Waals surface area contributed by atoms with Crippen molar-refractivity contribution < 1.29 is 9.53 Å². The summed E-state index contributed by atoms with van der Waals surface area (Å²) in [7, 11) is 0. The molecule has 2 bridgehead atoms. The topological polar surface area (TPSA) is 41.6 Å². The lowest BCUT2D eigenvalue weighted by atomic mass is 10.0. The van der Waals surface area contributed by atoms with E-state index >= 15 is 0 Å². The van der Waals surface area contributed by atoms with Gasteiger partial charge in [-0.2, -0.15) is 0 Å². The van der Waals surface area contributed by atoms with Gasteiger partial charge < -0.3 is 15.0 Å². The van der Waals surface area contributed by atoms with Gasteiger partial charge in [-0.3, -0.25) is 4.79 Å². The van der Waals surface area contributed by atoms with Crippen LogP contribution in [0, 0.1) is 0 Å². The monoisotopic (exact) mass is 224 g/mol. The number of amides is 1. The number of nitrogens with one attached hydrogen (secondary N) is 1. The van der Waals surface area contributed by atoms with E-state index in [2.05, 4.69) is 5.32 Å². The van der Waals surface area contributed by atoms with Gasteiger partial charge in [0.25, 0.3) is 0 Å². The van der Waals surface area contributed by atoms with Crippen LogP contribution in [0.25, 0.3) is 0 Å². The molecule has 90 valence electrons. The lowest BCUT2D eigenvalue weighted by Gasteiger charge is -2.35. The van der Waals surface area contributed by atoms with E-state index in [1.807, 2.05) is 4.90 Å². The van der Waals surface area contributed by atoms with E-state index in [1.165, 1.54) is 12.8 Å². The Kier molecular flexibility index (Phi) is 2.86. The van der Waals surface area contributed by atoms with Crippen molar-refractivity contribution in [3.63, 3.8) is 0 Å². The Labute approximate surface area is 96.3 Å². The summed E-state index contributed by atoms with van der Waals surface area (Å²) in [5, 5.41) is 3.33. The second kappa shape index (κ2) is 4.34. The third-order valence-corrected chi connectivity index (χ3v) is 3.96. The lowest BCUT2D eigenvalue weighted by molar-refractivity contribution is -0.142. The number of hydrogen-bond donors (Lipinski definition) is 1. The second-order valence-corrected chi connectivity index (χ2v) is 5.20. The molecule has 2 unspecified atom stereocenters. The van der Waals surface area contributed by atoms with E-state index in [1.54, 1.807) is 0 Å². The molecule has 3 aliphatic rings. The second-order valence-electron chi connectivity index (χ2n) is 5.20. The summed E-state index contributed by atoms with van der Waals surface area (Å²) in [4.78, 5) is 14.3. The highest BCUT2D eigenvalue weighted by atomic mass is 16.5. The average molecular weight is 224 g/mol. The molecule has 0 aromatic rings. The zero-order valence-electron chi connectivity index (χ0n) is 9.65. The van der Waals surface area contributed by atoms with Crippen molar-refractivity contribution in [1.82, 2.24) is 10.2 Å². The van der Waals surface area contributed by atoms with Gasteiger partial charge in [0.15, 0.2) is 0 Å². The minimum atomic E-state index is 0.0752. The van der Waals surface area contributed by atoms with Crippen LogP contribution in [0.5, 0.6) is 0 Å². The van der Waals surface area contributed by atoms with Crippen LogP contribution in [0.1, 0.15) is 32.1 Å². The fourth-order valence-corrected chi connectivity index (χ4v) is 3.08. The summed E-state index contributed by atoms with van der Waals surface area (Å²) in [6.07, 6.45) is 6.28. The first kappa shape index (κ1) is 10.5. The molecule has 4 heteroatoms. The molecule has 3 fully saturated rings. The quantitative estimate of drug-likeness (QED) is 0.706. The first-order chi connectivity index (χ1) is 7.83. The van der Waals surface area contributed by atoms with Crippen molar-refractivity contribution in [1.29, 1.82) is 0 Å². The number of carbonyl (C=O) groups excluding carboxylic acids is 1. The van der Waals surface area contributed by atoms with Gasteiger partial charge in [0.1, 0.15) is 0 Å². The molecule has 3 aliphatic heterocycles. The van der Waals surface area contributed by atoms with Crippen molar-refractivity contribution in [2.24, 2.45) is 0 Å². The Morgan fingerprint density at radius 2 is 1.88 bits per heavy atom. The number of rotatable bonds is 1.